The summed E-state index contributed by atoms with van der Waals surface area (Å²) in [6.45, 7) is -0.434. The van der Waals surface area contributed by atoms with Crippen LogP contribution in [0.1, 0.15) is 17.5 Å². The fourth-order valence-corrected chi connectivity index (χ4v) is 3.18. The molecule has 2 N–H and O–H groups in total. The molecule has 0 saturated carbocycles. The molecule has 9 nitrogen and oxygen atoms in total. The van der Waals surface area contributed by atoms with Crippen LogP contribution in [0.4, 0.5) is 4.79 Å². The molecule has 0 spiro atoms. The number of carbonyl (C=O) groups is 4. The van der Waals surface area contributed by atoms with E-state index in [1.165, 1.54) is 0 Å². The zero-order chi connectivity index (χ0) is 22.9. The Morgan fingerprint density at radius 3 is 2.53 bits per heavy atom. The SMILES string of the molecule is O=C(CCc1cccc(OCc2ccccc2)c1)C1C(=O)NC(=O)N(COCCO)C1=O. The number of carbonyl (C=O) groups excluding carboxylic acids is 4. The Morgan fingerprint density at radius 1 is 1.03 bits per heavy atom. The Morgan fingerprint density at radius 2 is 1.78 bits per heavy atom. The van der Waals surface area contributed by atoms with Gasteiger partial charge >= 0.3 is 6.03 Å². The van der Waals surface area contributed by atoms with E-state index in [9.17, 15) is 19.2 Å². The van der Waals surface area contributed by atoms with Crippen LogP contribution >= 0.6 is 0 Å². The predicted molar refractivity (Wildman–Crippen MR) is 112 cm³/mol. The maximum atomic E-state index is 12.6. The molecule has 168 valence electrons. The standard InChI is InChI=1S/C23H24N2O7/c26-11-12-31-15-25-22(29)20(21(28)24-23(25)30)19(27)10-9-16-7-4-8-18(13-16)32-14-17-5-2-1-3-6-17/h1-8,13,20,26H,9-12,14-15H2,(H,24,28,30). The van der Waals surface area contributed by atoms with E-state index in [-0.39, 0.29) is 19.6 Å². The number of hydrogen-bond acceptors (Lipinski definition) is 7. The minimum atomic E-state index is -1.61. The second-order valence-corrected chi connectivity index (χ2v) is 7.14. The van der Waals surface area contributed by atoms with Crippen molar-refractivity contribution in [1.82, 2.24) is 10.2 Å². The van der Waals surface area contributed by atoms with E-state index in [1.54, 1.807) is 12.1 Å². The number of urea groups is 1. The number of Topliss-reactive ketones (excluding diaryl/α,β-unsaturated/α-hetero) is 1. The van der Waals surface area contributed by atoms with Gasteiger partial charge in [0.1, 0.15) is 19.1 Å². The summed E-state index contributed by atoms with van der Waals surface area (Å²) < 4.78 is 10.8. The summed E-state index contributed by atoms with van der Waals surface area (Å²) in [4.78, 5) is 49.8. The molecule has 1 heterocycles. The van der Waals surface area contributed by atoms with Crippen LogP contribution in [0.5, 0.6) is 5.75 Å². The molecular weight excluding hydrogens is 416 g/mol. The molecule has 3 rings (SSSR count). The van der Waals surface area contributed by atoms with Gasteiger partial charge in [-0.25, -0.2) is 9.69 Å². The van der Waals surface area contributed by atoms with Crippen molar-refractivity contribution in [2.45, 2.75) is 19.4 Å². The molecule has 1 unspecified atom stereocenters. The molecule has 1 atom stereocenters. The van der Waals surface area contributed by atoms with Crippen molar-refractivity contribution in [3.63, 3.8) is 0 Å². The van der Waals surface area contributed by atoms with Crippen LogP contribution in [-0.4, -0.2) is 53.6 Å². The first-order valence-electron chi connectivity index (χ1n) is 10.1. The Bertz CT molecular complexity index is 977. The minimum absolute atomic E-state index is 0.0640. The number of rotatable bonds is 11. The molecule has 2 aromatic carbocycles. The van der Waals surface area contributed by atoms with E-state index in [2.05, 4.69) is 0 Å². The maximum Gasteiger partial charge on any atom is 0.332 e. The number of nitrogens with one attached hydrogen (secondary N) is 1. The quantitative estimate of drug-likeness (QED) is 0.400. The summed E-state index contributed by atoms with van der Waals surface area (Å²) in [5.74, 6) is -3.43. The lowest BCUT2D eigenvalue weighted by Crippen LogP contribution is -2.60. The van der Waals surface area contributed by atoms with Crippen LogP contribution in [0, 0.1) is 5.92 Å². The average molecular weight is 440 g/mol. The van der Waals surface area contributed by atoms with Gasteiger partial charge in [0.25, 0.3) is 5.91 Å². The van der Waals surface area contributed by atoms with Crippen molar-refractivity contribution in [2.24, 2.45) is 5.92 Å². The zero-order valence-corrected chi connectivity index (χ0v) is 17.4. The summed E-state index contributed by atoms with van der Waals surface area (Å²) >= 11 is 0. The first-order valence-corrected chi connectivity index (χ1v) is 10.1. The summed E-state index contributed by atoms with van der Waals surface area (Å²) in [6, 6.07) is 16.0. The first kappa shape index (κ1) is 23.1. The molecule has 9 heteroatoms. The number of hydrogen-bond donors (Lipinski definition) is 2. The van der Waals surface area contributed by atoms with E-state index >= 15 is 0 Å². The third-order valence-electron chi connectivity index (χ3n) is 4.84. The summed E-state index contributed by atoms with van der Waals surface area (Å²) in [6.07, 6.45) is 0.235. The second kappa shape index (κ2) is 11.2. The molecule has 32 heavy (non-hydrogen) atoms. The van der Waals surface area contributed by atoms with Crippen LogP contribution in [-0.2, 0) is 32.1 Å². The van der Waals surface area contributed by atoms with Gasteiger partial charge in [0, 0.05) is 6.42 Å². The summed E-state index contributed by atoms with van der Waals surface area (Å²) in [7, 11) is 0. The van der Waals surface area contributed by atoms with Gasteiger partial charge in [-0.05, 0) is 29.7 Å². The normalized spacial score (nSPS) is 16.1. The lowest BCUT2D eigenvalue weighted by Gasteiger charge is -2.29. The minimum Gasteiger partial charge on any atom is -0.489 e. The number of ketones is 1. The lowest BCUT2D eigenvalue weighted by molar-refractivity contribution is -0.150. The predicted octanol–water partition coefficient (Wildman–Crippen LogP) is 1.43. The van der Waals surface area contributed by atoms with Crippen molar-refractivity contribution >= 4 is 23.6 Å². The van der Waals surface area contributed by atoms with Gasteiger partial charge in [0.05, 0.1) is 13.2 Å². The zero-order valence-electron chi connectivity index (χ0n) is 17.4. The Kier molecular flexibility index (Phi) is 8.07. The molecule has 0 radical (unpaired) electrons. The van der Waals surface area contributed by atoms with Crippen LogP contribution in [0.2, 0.25) is 0 Å². The van der Waals surface area contributed by atoms with Gasteiger partial charge in [0.2, 0.25) is 5.91 Å². The first-order chi connectivity index (χ1) is 15.5. The fraction of sp³-hybridized carbons (Fsp3) is 0.304. The molecule has 2 aromatic rings. The molecule has 0 aromatic heterocycles. The van der Waals surface area contributed by atoms with Gasteiger partial charge in [-0.3, -0.25) is 19.7 Å². The van der Waals surface area contributed by atoms with Crippen LogP contribution < -0.4 is 10.1 Å². The topological polar surface area (TPSA) is 122 Å². The number of aryl methyl sites for hydroxylation is 1. The second-order valence-electron chi connectivity index (χ2n) is 7.14. The monoisotopic (exact) mass is 440 g/mol. The number of nitrogens with zero attached hydrogens (tertiary/aromatic N) is 1. The highest BCUT2D eigenvalue weighted by Gasteiger charge is 2.44. The summed E-state index contributed by atoms with van der Waals surface area (Å²) in [5.41, 5.74) is 1.84. The average Bonchev–Trinajstić information content (AvgIpc) is 2.79. The van der Waals surface area contributed by atoms with E-state index in [1.807, 2.05) is 47.8 Å². The highest BCUT2D eigenvalue weighted by molar-refractivity contribution is 6.26. The number of benzene rings is 2. The van der Waals surface area contributed by atoms with Crippen LogP contribution in [0.25, 0.3) is 0 Å². The Balaban J connectivity index is 1.57. The third kappa shape index (κ3) is 5.99. The fourth-order valence-electron chi connectivity index (χ4n) is 3.18. The van der Waals surface area contributed by atoms with Gasteiger partial charge in [-0.15, -0.1) is 0 Å². The smallest absolute Gasteiger partial charge is 0.332 e. The number of ether oxygens (including phenoxy) is 2. The van der Waals surface area contributed by atoms with Gasteiger partial charge in [-0.1, -0.05) is 42.5 Å². The van der Waals surface area contributed by atoms with Crippen LogP contribution in [0.3, 0.4) is 0 Å². The number of imide groups is 2. The molecule has 1 aliphatic rings. The number of aliphatic hydroxyl groups is 1. The highest BCUT2D eigenvalue weighted by atomic mass is 16.5. The van der Waals surface area contributed by atoms with E-state index in [4.69, 9.17) is 14.6 Å². The number of amides is 4. The maximum absolute atomic E-state index is 12.6. The van der Waals surface area contributed by atoms with Crippen molar-refractivity contribution in [3.8, 4) is 5.75 Å². The van der Waals surface area contributed by atoms with Crippen molar-refractivity contribution in [2.75, 3.05) is 19.9 Å². The highest BCUT2D eigenvalue weighted by Crippen LogP contribution is 2.19. The molecule has 1 fully saturated rings. The Labute approximate surface area is 184 Å². The van der Waals surface area contributed by atoms with Crippen molar-refractivity contribution in [3.05, 3.63) is 65.7 Å². The van der Waals surface area contributed by atoms with Gasteiger partial charge in [0.15, 0.2) is 11.7 Å². The van der Waals surface area contributed by atoms with E-state index < -0.39 is 36.3 Å². The largest absolute Gasteiger partial charge is 0.489 e. The molecule has 4 amide bonds. The lowest BCUT2D eigenvalue weighted by atomic mass is 9.94. The summed E-state index contributed by atoms with van der Waals surface area (Å²) in [5, 5.41) is 10.8. The van der Waals surface area contributed by atoms with Crippen molar-refractivity contribution in [1.29, 1.82) is 0 Å². The van der Waals surface area contributed by atoms with Gasteiger partial charge in [-0.2, -0.15) is 0 Å². The van der Waals surface area contributed by atoms with Crippen LogP contribution in [0.15, 0.2) is 54.6 Å². The molecular formula is C23H24N2O7. The van der Waals surface area contributed by atoms with Gasteiger partial charge < -0.3 is 14.6 Å². The Hall–Kier alpha value is -3.56. The third-order valence-corrected chi connectivity index (χ3v) is 4.84. The molecule has 0 bridgehead atoms. The molecule has 1 aliphatic heterocycles. The molecule has 0 aliphatic carbocycles. The number of barbiturate groups is 1. The number of aliphatic hydroxyl groups excluding tert-OH is 1. The van der Waals surface area contributed by atoms with Crippen molar-refractivity contribution < 1.29 is 33.8 Å². The van der Waals surface area contributed by atoms with E-state index in [0.717, 1.165) is 11.1 Å². The molecule has 1 saturated heterocycles. The van der Waals surface area contributed by atoms with E-state index in [0.29, 0.717) is 23.7 Å².